The van der Waals surface area contributed by atoms with Gasteiger partial charge in [0.1, 0.15) is 17.0 Å². The Morgan fingerprint density at radius 3 is 2.52 bits per heavy atom. The largest absolute Gasteiger partial charge is 0.496 e. The minimum Gasteiger partial charge on any atom is -0.496 e. The van der Waals surface area contributed by atoms with Gasteiger partial charge in [0.15, 0.2) is 5.65 Å². The van der Waals surface area contributed by atoms with E-state index in [0.29, 0.717) is 11.4 Å². The molecule has 3 aromatic rings. The lowest BCUT2D eigenvalue weighted by atomic mass is 10.1. The number of methoxy groups -OCH3 is 1. The first-order valence-corrected chi connectivity index (χ1v) is 9.72. The Morgan fingerprint density at radius 2 is 1.94 bits per heavy atom. The summed E-state index contributed by atoms with van der Waals surface area (Å²) in [6.07, 6.45) is -3.67. The van der Waals surface area contributed by atoms with E-state index >= 15 is 0 Å². The number of aromatic nitrogens is 5. The van der Waals surface area contributed by atoms with E-state index in [1.54, 1.807) is 19.2 Å². The molecule has 0 saturated heterocycles. The molecule has 14 heteroatoms. The fourth-order valence-electron chi connectivity index (χ4n) is 3.30. The number of halogens is 1. The third-order valence-corrected chi connectivity index (χ3v) is 5.05. The first-order chi connectivity index (χ1) is 15.6. The third kappa shape index (κ3) is 4.47. The third-order valence-electron chi connectivity index (χ3n) is 4.78. The van der Waals surface area contributed by atoms with Crippen LogP contribution in [-0.2, 0) is 13.0 Å². The van der Waals surface area contributed by atoms with E-state index in [4.69, 9.17) is 21.6 Å². The summed E-state index contributed by atoms with van der Waals surface area (Å²) in [6, 6.07) is 1.68. The number of nitrogens with zero attached hydrogens (tertiary/aromatic N) is 7. The van der Waals surface area contributed by atoms with Crippen molar-refractivity contribution >= 4 is 40.8 Å². The number of carboxylic acid groups (broad SMARTS) is 2. The number of anilines is 1. The maximum absolute atomic E-state index is 11.4. The van der Waals surface area contributed by atoms with Crippen molar-refractivity contribution in [2.24, 2.45) is 0 Å². The first-order valence-electron chi connectivity index (χ1n) is 9.34. The van der Waals surface area contributed by atoms with Gasteiger partial charge in [-0.25, -0.2) is 14.3 Å². The molecule has 0 fully saturated rings. The second-order valence-corrected chi connectivity index (χ2v) is 7.27. The van der Waals surface area contributed by atoms with Crippen LogP contribution >= 0.6 is 11.6 Å². The highest BCUT2D eigenvalue weighted by Crippen LogP contribution is 2.30. The highest BCUT2D eigenvalue weighted by Gasteiger charge is 2.29. The molecule has 0 aliphatic rings. The number of fused-ring (bicyclic) bond motifs is 1. The zero-order chi connectivity index (χ0) is 24.4. The lowest BCUT2D eigenvalue weighted by Crippen LogP contribution is -2.36. The van der Waals surface area contributed by atoms with Crippen LogP contribution in [0.25, 0.3) is 11.0 Å². The van der Waals surface area contributed by atoms with Gasteiger partial charge in [0.25, 0.3) is 0 Å². The van der Waals surface area contributed by atoms with E-state index in [0.717, 1.165) is 11.1 Å². The van der Waals surface area contributed by atoms with Gasteiger partial charge in [-0.15, -0.1) is 4.90 Å². The summed E-state index contributed by atoms with van der Waals surface area (Å²) in [5.74, 6) is -0.0833. The Morgan fingerprint density at radius 1 is 1.27 bits per heavy atom. The minimum atomic E-state index is -1.83. The molecule has 0 aliphatic carbocycles. The number of hydrogen-bond acceptors (Lipinski definition) is 9. The van der Waals surface area contributed by atoms with E-state index in [1.807, 2.05) is 6.92 Å². The quantitative estimate of drug-likeness (QED) is 0.350. The number of ether oxygens (including phenoxy) is 1. The van der Waals surface area contributed by atoms with Crippen LogP contribution in [0.3, 0.4) is 0 Å². The predicted octanol–water partition coefficient (Wildman–Crippen LogP) is 2.14. The molecule has 0 aliphatic heterocycles. The normalized spacial score (nSPS) is 11.8. The molecular formula is C19H18ClN7O6. The molecule has 0 spiro atoms. The van der Waals surface area contributed by atoms with Crippen LogP contribution in [0, 0.1) is 25.2 Å². The molecule has 0 bridgehead atoms. The number of hydrogen-bond donors (Lipinski definition) is 3. The van der Waals surface area contributed by atoms with Crippen molar-refractivity contribution in [3.63, 3.8) is 0 Å². The molecule has 3 heterocycles. The molecule has 33 heavy (non-hydrogen) atoms. The maximum Gasteiger partial charge on any atom is 0.424 e. The Hall–Kier alpha value is -4.02. The molecule has 2 amide bonds. The van der Waals surface area contributed by atoms with Gasteiger partial charge in [-0.3, -0.25) is 4.98 Å². The average Bonchev–Trinajstić information content (AvgIpc) is 3.07. The van der Waals surface area contributed by atoms with Crippen molar-refractivity contribution < 1.29 is 29.6 Å². The minimum absolute atomic E-state index is 0.00150. The molecule has 1 atom stereocenters. The molecule has 0 aromatic carbocycles. The fraction of sp³-hybridized carbons (Fsp3) is 0.316. The van der Waals surface area contributed by atoms with Crippen molar-refractivity contribution in [2.75, 3.05) is 12.0 Å². The SMILES string of the molecule is COc1c(C)cnc(Cn2nc(CC(O)C#N)c3c(Cl)nc(N(C(=O)O)C(=O)O)nc32)c1C. The second-order valence-electron chi connectivity index (χ2n) is 6.91. The monoisotopic (exact) mass is 475 g/mol. The molecule has 172 valence electrons. The van der Waals surface area contributed by atoms with E-state index < -0.39 is 24.2 Å². The van der Waals surface area contributed by atoms with Gasteiger partial charge in [0, 0.05) is 23.7 Å². The molecule has 13 nitrogen and oxygen atoms in total. The number of nitriles is 1. The molecule has 3 N–H and O–H groups in total. The number of aliphatic hydroxyl groups is 1. The van der Waals surface area contributed by atoms with Gasteiger partial charge in [-0.05, 0) is 13.8 Å². The average molecular weight is 476 g/mol. The molecule has 0 radical (unpaired) electrons. The summed E-state index contributed by atoms with van der Waals surface area (Å²) in [5, 5.41) is 41.5. The van der Waals surface area contributed by atoms with Crippen molar-refractivity contribution in [2.45, 2.75) is 32.9 Å². The lowest BCUT2D eigenvalue weighted by Gasteiger charge is -2.13. The predicted molar refractivity (Wildman–Crippen MR) is 114 cm³/mol. The van der Waals surface area contributed by atoms with Crippen LogP contribution in [-0.4, -0.2) is 65.5 Å². The van der Waals surface area contributed by atoms with E-state index in [2.05, 4.69) is 20.1 Å². The number of aliphatic hydroxyl groups excluding tert-OH is 1. The maximum atomic E-state index is 11.4. The van der Waals surface area contributed by atoms with Crippen molar-refractivity contribution in [1.82, 2.24) is 24.7 Å². The molecule has 0 saturated carbocycles. The first kappa shape index (κ1) is 23.6. The van der Waals surface area contributed by atoms with E-state index in [-0.39, 0.29) is 39.7 Å². The Kier molecular flexibility index (Phi) is 6.61. The topological polar surface area (TPSA) is 188 Å². The summed E-state index contributed by atoms with van der Waals surface area (Å²) >= 11 is 6.25. The van der Waals surface area contributed by atoms with Crippen LogP contribution in [0.1, 0.15) is 22.5 Å². The lowest BCUT2D eigenvalue weighted by molar-refractivity contribution is 0.183. The molecule has 3 rings (SSSR count). The van der Waals surface area contributed by atoms with Gasteiger partial charge in [-0.2, -0.15) is 20.3 Å². The van der Waals surface area contributed by atoms with Crippen LogP contribution < -0.4 is 9.64 Å². The summed E-state index contributed by atoms with van der Waals surface area (Å²) in [6.45, 7) is 3.65. The number of amides is 2. The Bertz CT molecular complexity index is 1290. The summed E-state index contributed by atoms with van der Waals surface area (Å²) in [7, 11) is 1.52. The molecule has 3 aromatic heterocycles. The number of aryl methyl sites for hydroxylation is 1. The van der Waals surface area contributed by atoms with Gasteiger partial charge in [0.2, 0.25) is 5.95 Å². The van der Waals surface area contributed by atoms with Crippen molar-refractivity contribution in [3.8, 4) is 11.8 Å². The van der Waals surface area contributed by atoms with Crippen LogP contribution in [0.5, 0.6) is 5.75 Å². The van der Waals surface area contributed by atoms with Crippen molar-refractivity contribution in [3.05, 3.63) is 33.9 Å². The second kappa shape index (κ2) is 9.23. The highest BCUT2D eigenvalue weighted by molar-refractivity contribution is 6.34. The van der Waals surface area contributed by atoms with Gasteiger partial charge in [0.05, 0.1) is 36.5 Å². The fourth-order valence-corrected chi connectivity index (χ4v) is 3.57. The summed E-state index contributed by atoms with van der Waals surface area (Å²) in [5.41, 5.74) is 2.24. The molecular weight excluding hydrogens is 458 g/mol. The van der Waals surface area contributed by atoms with E-state index in [9.17, 15) is 24.9 Å². The Balaban J connectivity index is 2.24. The van der Waals surface area contributed by atoms with Crippen LogP contribution in [0.4, 0.5) is 15.5 Å². The van der Waals surface area contributed by atoms with Crippen LogP contribution in [0.15, 0.2) is 6.20 Å². The highest BCUT2D eigenvalue weighted by atomic mass is 35.5. The number of rotatable bonds is 6. The van der Waals surface area contributed by atoms with E-state index in [1.165, 1.54) is 11.8 Å². The van der Waals surface area contributed by atoms with Crippen LogP contribution in [0.2, 0.25) is 5.15 Å². The molecule has 1 unspecified atom stereocenters. The Labute approximate surface area is 191 Å². The zero-order valence-corrected chi connectivity index (χ0v) is 18.4. The van der Waals surface area contributed by atoms with Gasteiger partial charge in [-0.1, -0.05) is 11.6 Å². The smallest absolute Gasteiger partial charge is 0.424 e. The summed E-state index contributed by atoms with van der Waals surface area (Å²) in [4.78, 5) is 35.0. The summed E-state index contributed by atoms with van der Waals surface area (Å²) < 4.78 is 6.73. The number of pyridine rings is 1. The number of carbonyl (C=O) groups is 2. The van der Waals surface area contributed by atoms with Gasteiger partial charge >= 0.3 is 12.2 Å². The van der Waals surface area contributed by atoms with Crippen molar-refractivity contribution in [1.29, 1.82) is 5.26 Å². The number of imide groups is 1. The van der Waals surface area contributed by atoms with Gasteiger partial charge < -0.3 is 20.1 Å². The standard InChI is InChI=1S/C19H18ClN7O6/c1-8-6-22-12(9(2)14(8)33-3)7-26-16-13(11(25-26)4-10(28)5-21)15(20)23-17(24-16)27(18(29)30)19(31)32/h6,10,28H,4,7H2,1-3H3,(H,29,30)(H,31,32). The zero-order valence-electron chi connectivity index (χ0n) is 17.6.